The molecule has 3 fully saturated rings. The van der Waals surface area contributed by atoms with Gasteiger partial charge in [-0.1, -0.05) is 6.07 Å². The lowest BCUT2D eigenvalue weighted by molar-refractivity contribution is -0.0460. The molecule has 3 saturated heterocycles. The van der Waals surface area contributed by atoms with Crippen molar-refractivity contribution in [3.8, 4) is 0 Å². The van der Waals surface area contributed by atoms with Gasteiger partial charge >= 0.3 is 5.97 Å². The molecule has 0 radical (unpaired) electrons. The summed E-state index contributed by atoms with van der Waals surface area (Å²) in [6.07, 6.45) is 4.19. The number of aromatic nitrogens is 2. The number of carbonyl (C=O) groups excluding carboxylic acids is 1. The van der Waals surface area contributed by atoms with Gasteiger partial charge in [0, 0.05) is 12.7 Å². The number of hydrogen-bond acceptors (Lipinski definition) is 4. The summed E-state index contributed by atoms with van der Waals surface area (Å²) in [5.41, 5.74) is 2.07. The fraction of sp³-hybridized carbons (Fsp3) is 0.500. The van der Waals surface area contributed by atoms with Crippen LogP contribution in [0.15, 0.2) is 24.4 Å². The van der Waals surface area contributed by atoms with E-state index in [2.05, 4.69) is 9.88 Å². The predicted molar refractivity (Wildman–Crippen MR) is 85.5 cm³/mol. The zero-order valence-electron chi connectivity index (χ0n) is 12.6. The van der Waals surface area contributed by atoms with E-state index in [9.17, 15) is 4.79 Å². The maximum Gasteiger partial charge on any atom is 0.357 e. The highest BCUT2D eigenvalue weighted by Crippen LogP contribution is 2.30. The molecule has 5 nitrogen and oxygen atoms in total. The van der Waals surface area contributed by atoms with E-state index in [4.69, 9.17) is 4.74 Å². The van der Waals surface area contributed by atoms with Crippen LogP contribution in [0.25, 0.3) is 5.65 Å². The molecule has 1 atom stereocenters. The van der Waals surface area contributed by atoms with Crippen molar-refractivity contribution in [1.82, 2.24) is 14.3 Å². The van der Waals surface area contributed by atoms with Gasteiger partial charge in [-0.25, -0.2) is 9.78 Å². The van der Waals surface area contributed by atoms with Crippen molar-refractivity contribution in [2.24, 2.45) is 5.92 Å². The molecule has 0 aromatic carbocycles. The van der Waals surface area contributed by atoms with Crippen LogP contribution in [-0.4, -0.2) is 46.0 Å². The maximum atomic E-state index is 12.6. The molecule has 2 bridgehead atoms. The van der Waals surface area contributed by atoms with Gasteiger partial charge in [0.25, 0.3) is 0 Å². The highest BCUT2D eigenvalue weighted by molar-refractivity contribution is 5.90. The lowest BCUT2D eigenvalue weighted by atomic mass is 9.86. The Kier molecular flexibility index (Phi) is 4.10. The van der Waals surface area contributed by atoms with E-state index in [1.54, 1.807) is 0 Å². The van der Waals surface area contributed by atoms with Crippen LogP contribution in [0.4, 0.5) is 0 Å². The van der Waals surface area contributed by atoms with Crippen molar-refractivity contribution in [2.45, 2.75) is 25.9 Å². The Morgan fingerprint density at radius 2 is 2.09 bits per heavy atom. The summed E-state index contributed by atoms with van der Waals surface area (Å²) < 4.78 is 7.64. The van der Waals surface area contributed by atoms with E-state index in [1.165, 1.54) is 0 Å². The topological polar surface area (TPSA) is 46.8 Å². The van der Waals surface area contributed by atoms with Crippen molar-refractivity contribution in [3.63, 3.8) is 0 Å². The van der Waals surface area contributed by atoms with Crippen LogP contribution in [0.3, 0.4) is 0 Å². The van der Waals surface area contributed by atoms with Gasteiger partial charge in [-0.2, -0.15) is 0 Å². The zero-order chi connectivity index (χ0) is 14.4. The first-order chi connectivity index (χ1) is 10.2. The number of piperidine rings is 3. The smallest absolute Gasteiger partial charge is 0.357 e. The van der Waals surface area contributed by atoms with Crippen LogP contribution < -0.4 is 0 Å². The predicted octanol–water partition coefficient (Wildman–Crippen LogP) is 2.32. The number of nitrogens with zero attached hydrogens (tertiary/aromatic N) is 3. The number of pyridine rings is 1. The van der Waals surface area contributed by atoms with Gasteiger partial charge in [0.15, 0.2) is 5.69 Å². The van der Waals surface area contributed by atoms with Gasteiger partial charge in [0.05, 0.1) is 5.69 Å². The number of imidazole rings is 1. The second-order valence-corrected chi connectivity index (χ2v) is 6.06. The first kappa shape index (κ1) is 15.3. The molecule has 6 heteroatoms. The number of esters is 1. The Morgan fingerprint density at radius 3 is 2.77 bits per heavy atom. The monoisotopic (exact) mass is 321 g/mol. The molecule has 0 amide bonds. The quantitative estimate of drug-likeness (QED) is 0.796. The normalized spacial score (nSPS) is 26.7. The van der Waals surface area contributed by atoms with Crippen LogP contribution in [-0.2, 0) is 4.74 Å². The Morgan fingerprint density at radius 1 is 1.32 bits per heavy atom. The second-order valence-electron chi connectivity index (χ2n) is 6.06. The van der Waals surface area contributed by atoms with Crippen LogP contribution >= 0.6 is 12.4 Å². The zero-order valence-corrected chi connectivity index (χ0v) is 13.4. The van der Waals surface area contributed by atoms with Crippen LogP contribution in [0.2, 0.25) is 0 Å². The number of fused-ring (bicyclic) bond motifs is 4. The van der Waals surface area contributed by atoms with Gasteiger partial charge < -0.3 is 4.74 Å². The van der Waals surface area contributed by atoms with E-state index in [0.29, 0.717) is 11.6 Å². The molecule has 0 aliphatic carbocycles. The van der Waals surface area contributed by atoms with Crippen LogP contribution in [0.5, 0.6) is 0 Å². The first-order valence-corrected chi connectivity index (χ1v) is 7.59. The fourth-order valence-electron chi connectivity index (χ4n) is 3.60. The van der Waals surface area contributed by atoms with E-state index < -0.39 is 0 Å². The maximum absolute atomic E-state index is 12.6. The Labute approximate surface area is 135 Å². The molecule has 3 aliphatic heterocycles. The third-order valence-corrected chi connectivity index (χ3v) is 4.75. The first-order valence-electron chi connectivity index (χ1n) is 7.59. The molecule has 5 rings (SSSR count). The molecule has 2 aromatic rings. The van der Waals surface area contributed by atoms with Crippen LogP contribution in [0, 0.1) is 12.8 Å². The molecule has 0 spiro atoms. The molecule has 5 heterocycles. The summed E-state index contributed by atoms with van der Waals surface area (Å²) in [6, 6.07) is 5.72. The van der Waals surface area contributed by atoms with E-state index in [-0.39, 0.29) is 24.5 Å². The summed E-state index contributed by atoms with van der Waals surface area (Å²) >= 11 is 0. The number of rotatable bonds is 2. The summed E-state index contributed by atoms with van der Waals surface area (Å²) in [6.45, 7) is 5.03. The molecule has 1 unspecified atom stereocenters. The summed E-state index contributed by atoms with van der Waals surface area (Å²) in [5.74, 6) is 0.281. The molecule has 0 saturated carbocycles. The average molecular weight is 322 g/mol. The molecular formula is C16H20ClN3O2. The van der Waals surface area contributed by atoms with E-state index in [0.717, 1.165) is 43.8 Å². The largest absolute Gasteiger partial charge is 0.456 e. The van der Waals surface area contributed by atoms with Gasteiger partial charge in [0.2, 0.25) is 0 Å². The molecule has 2 aromatic heterocycles. The van der Waals surface area contributed by atoms with Gasteiger partial charge in [-0.3, -0.25) is 9.30 Å². The van der Waals surface area contributed by atoms with Gasteiger partial charge in [-0.15, -0.1) is 12.4 Å². The number of hydrogen-bond donors (Lipinski definition) is 0. The molecule has 22 heavy (non-hydrogen) atoms. The van der Waals surface area contributed by atoms with Crippen molar-refractivity contribution < 1.29 is 9.53 Å². The Bertz CT molecular complexity index is 692. The van der Waals surface area contributed by atoms with Gasteiger partial charge in [0.1, 0.15) is 11.8 Å². The third kappa shape index (κ3) is 2.48. The third-order valence-electron chi connectivity index (χ3n) is 4.75. The lowest BCUT2D eigenvalue weighted by Crippen LogP contribution is -2.52. The summed E-state index contributed by atoms with van der Waals surface area (Å²) in [7, 11) is 0. The van der Waals surface area contributed by atoms with Crippen molar-refractivity contribution in [1.29, 1.82) is 0 Å². The highest BCUT2D eigenvalue weighted by atomic mass is 35.5. The SMILES string of the molecule is Cc1nc2ccccn2c1C(=O)OC1CN2CCC1CC2.Cl. The van der Waals surface area contributed by atoms with Crippen molar-refractivity contribution in [2.75, 3.05) is 19.6 Å². The lowest BCUT2D eigenvalue weighted by Gasteiger charge is -2.43. The van der Waals surface area contributed by atoms with E-state index in [1.807, 2.05) is 35.7 Å². The summed E-state index contributed by atoms with van der Waals surface area (Å²) in [4.78, 5) is 19.4. The Hall–Kier alpha value is -1.59. The molecule has 118 valence electrons. The highest BCUT2D eigenvalue weighted by Gasteiger charge is 2.37. The average Bonchev–Trinajstić information content (AvgIpc) is 2.84. The van der Waals surface area contributed by atoms with Crippen molar-refractivity contribution >= 4 is 24.0 Å². The minimum Gasteiger partial charge on any atom is -0.456 e. The number of aryl methyl sites for hydroxylation is 1. The molecule has 0 N–H and O–H groups in total. The molecule has 3 aliphatic rings. The van der Waals surface area contributed by atoms with E-state index >= 15 is 0 Å². The second kappa shape index (κ2) is 5.89. The number of carbonyl (C=O) groups is 1. The molecular weight excluding hydrogens is 302 g/mol. The van der Waals surface area contributed by atoms with Gasteiger partial charge in [-0.05, 0) is 50.9 Å². The number of halogens is 1. The Balaban J connectivity index is 0.00000144. The fourth-order valence-corrected chi connectivity index (χ4v) is 3.60. The van der Waals surface area contributed by atoms with Crippen molar-refractivity contribution in [3.05, 3.63) is 35.8 Å². The minimum atomic E-state index is -0.245. The van der Waals surface area contributed by atoms with Crippen LogP contribution in [0.1, 0.15) is 29.0 Å². The number of ether oxygens (including phenoxy) is 1. The standard InChI is InChI=1S/C16H19N3O2.ClH/c1-11-15(19-7-3-2-4-14(19)17-11)16(20)21-13-10-18-8-5-12(13)6-9-18;/h2-4,7,12-13H,5-6,8-10H2,1H3;1H. The minimum absolute atomic E-state index is 0. The summed E-state index contributed by atoms with van der Waals surface area (Å²) in [5, 5.41) is 0.